The Bertz CT molecular complexity index is 469. The van der Waals surface area contributed by atoms with Crippen molar-refractivity contribution in [2.75, 3.05) is 11.9 Å². The van der Waals surface area contributed by atoms with Crippen LogP contribution in [0.1, 0.15) is 5.56 Å². The minimum atomic E-state index is -1.31. The van der Waals surface area contributed by atoms with Gasteiger partial charge in [-0.05, 0) is 13.0 Å². The van der Waals surface area contributed by atoms with Crippen molar-refractivity contribution in [2.24, 2.45) is 0 Å². The zero-order chi connectivity index (χ0) is 14.9. The number of aliphatic hydroxyl groups excluding tert-OH is 3. The van der Waals surface area contributed by atoms with E-state index in [1.54, 1.807) is 19.1 Å². The summed E-state index contributed by atoms with van der Waals surface area (Å²) in [5.41, 5.74) is 1.20. The Morgan fingerprint density at radius 2 is 2.00 bits per heavy atom. The monoisotopic (exact) mass is 286 g/mol. The van der Waals surface area contributed by atoms with Gasteiger partial charge in [-0.2, -0.15) is 5.23 Å². The number of aliphatic hydroxyl groups is 3. The highest BCUT2D eigenvalue weighted by Gasteiger charge is 2.37. The Morgan fingerprint density at radius 3 is 2.65 bits per heavy atom. The van der Waals surface area contributed by atoms with Crippen LogP contribution >= 0.6 is 0 Å². The molecule has 6 N–H and O–H groups in total. The molecule has 0 radical (unpaired) electrons. The van der Waals surface area contributed by atoms with Crippen molar-refractivity contribution < 1.29 is 30.5 Å². The highest BCUT2D eigenvalue weighted by atomic mass is 16.8. The van der Waals surface area contributed by atoms with E-state index in [0.29, 0.717) is 11.3 Å². The second-order valence-electron chi connectivity index (χ2n) is 4.78. The lowest BCUT2D eigenvalue weighted by atomic mass is 10.0. The first-order valence-corrected chi connectivity index (χ1v) is 6.16. The summed E-state index contributed by atoms with van der Waals surface area (Å²) in [5, 5.41) is 50.5. The summed E-state index contributed by atoms with van der Waals surface area (Å²) in [5.74, 6) is 0. The highest BCUT2D eigenvalue weighted by Crippen LogP contribution is 2.21. The van der Waals surface area contributed by atoms with Gasteiger partial charge in [0.1, 0.15) is 18.3 Å². The summed E-state index contributed by atoms with van der Waals surface area (Å²) >= 11 is 0. The normalized spacial score (nSPS) is 31.9. The van der Waals surface area contributed by atoms with Gasteiger partial charge in [0.25, 0.3) is 0 Å². The molecule has 2 rings (SSSR count). The average molecular weight is 286 g/mol. The molecule has 0 aromatic heterocycles. The third kappa shape index (κ3) is 3.07. The van der Waals surface area contributed by atoms with Crippen molar-refractivity contribution in [3.8, 4) is 0 Å². The van der Waals surface area contributed by atoms with E-state index >= 15 is 0 Å². The van der Waals surface area contributed by atoms with Crippen molar-refractivity contribution >= 4 is 11.4 Å². The minimum absolute atomic E-state index is 0.118. The maximum atomic E-state index is 11.0. The summed E-state index contributed by atoms with van der Waals surface area (Å²) in [6.07, 6.45) is -4.69. The van der Waals surface area contributed by atoms with E-state index in [1.807, 2.05) is 0 Å². The van der Waals surface area contributed by atoms with Gasteiger partial charge in [-0.1, -0.05) is 6.07 Å². The number of aryl methyl sites for hydroxylation is 1. The van der Waals surface area contributed by atoms with E-state index in [9.17, 15) is 20.5 Å². The van der Waals surface area contributed by atoms with Crippen LogP contribution in [0.3, 0.4) is 0 Å². The second kappa shape index (κ2) is 6.02. The van der Waals surface area contributed by atoms with Crippen molar-refractivity contribution in [3.05, 3.63) is 29.0 Å². The van der Waals surface area contributed by atoms with Crippen molar-refractivity contribution in [1.82, 2.24) is 0 Å². The number of quaternary nitrogens is 1. The fraction of sp³-hybridized carbons (Fsp3) is 0.500. The number of rotatable bonds is 3. The topological polar surface area (TPSA) is 130 Å². The van der Waals surface area contributed by atoms with Crippen LogP contribution in [-0.4, -0.2) is 51.7 Å². The lowest BCUT2D eigenvalue weighted by Crippen LogP contribution is -2.99. The first kappa shape index (κ1) is 15.1. The third-order valence-corrected chi connectivity index (χ3v) is 3.28. The summed E-state index contributed by atoms with van der Waals surface area (Å²) in [4.78, 5) is 0. The van der Waals surface area contributed by atoms with Gasteiger partial charge in [0.15, 0.2) is 11.9 Å². The molecule has 20 heavy (non-hydrogen) atoms. The Labute approximate surface area is 115 Å². The van der Waals surface area contributed by atoms with Gasteiger partial charge in [-0.3, -0.25) is 0 Å². The molecule has 8 heteroatoms. The molecule has 1 aromatic rings. The maximum Gasteiger partial charge on any atom is 0.168 e. The molecule has 1 saturated heterocycles. The van der Waals surface area contributed by atoms with Gasteiger partial charge in [0.05, 0.1) is 6.61 Å². The molecule has 1 aliphatic rings. The Morgan fingerprint density at radius 1 is 1.30 bits per heavy atom. The molecule has 5 atom stereocenters. The average Bonchev–Trinajstić information content (AvgIpc) is 2.41. The molecule has 1 fully saturated rings. The van der Waals surface area contributed by atoms with Gasteiger partial charge in [0.2, 0.25) is 0 Å². The molecular weight excluding hydrogens is 268 g/mol. The number of hydrogen-bond acceptors (Lipinski definition) is 7. The number of benzene rings is 1. The Hall–Kier alpha value is -1.26. The quantitative estimate of drug-likeness (QED) is 0.363. The molecule has 0 aliphatic carbocycles. The van der Waals surface area contributed by atoms with Gasteiger partial charge < -0.3 is 30.6 Å². The lowest BCUT2D eigenvalue weighted by molar-refractivity contribution is -0.991. The molecular formula is C12H18N2O6. The number of hydrogen-bond donors (Lipinski definition) is 6. The molecule has 0 bridgehead atoms. The van der Waals surface area contributed by atoms with Gasteiger partial charge in [-0.25, -0.2) is 5.21 Å². The summed E-state index contributed by atoms with van der Waals surface area (Å²) in [6.45, 7) is 1.56. The smallest absolute Gasteiger partial charge is 0.168 e. The first-order chi connectivity index (χ1) is 9.40. The molecule has 1 aromatic carbocycles. The van der Waals surface area contributed by atoms with E-state index in [4.69, 9.17) is 9.94 Å². The van der Waals surface area contributed by atoms with E-state index in [-0.39, 0.29) is 12.3 Å². The predicted octanol–water partition coefficient (Wildman–Crippen LogP) is -1.75. The third-order valence-electron chi connectivity index (χ3n) is 3.28. The SMILES string of the molecule is Cc1ccc(N[C@@H]2OC[C@@H](O)[C@@H](O)[C@H]2O)cc1[NH+]([O-])O. The number of ether oxygens (including phenoxy) is 1. The van der Waals surface area contributed by atoms with Crippen LogP contribution in [-0.2, 0) is 4.74 Å². The molecule has 1 unspecified atom stereocenters. The molecule has 0 saturated carbocycles. The van der Waals surface area contributed by atoms with Gasteiger partial charge in [-0.15, -0.1) is 0 Å². The molecule has 0 spiro atoms. The van der Waals surface area contributed by atoms with E-state index in [0.717, 1.165) is 0 Å². The van der Waals surface area contributed by atoms with E-state index < -0.39 is 29.8 Å². The van der Waals surface area contributed by atoms with Crippen LogP contribution in [0.15, 0.2) is 18.2 Å². The van der Waals surface area contributed by atoms with Crippen LogP contribution in [0.5, 0.6) is 0 Å². The second-order valence-corrected chi connectivity index (χ2v) is 4.78. The van der Waals surface area contributed by atoms with Gasteiger partial charge >= 0.3 is 0 Å². The first-order valence-electron chi connectivity index (χ1n) is 6.16. The van der Waals surface area contributed by atoms with E-state index in [1.165, 1.54) is 6.07 Å². The minimum Gasteiger partial charge on any atom is -0.595 e. The molecule has 1 aliphatic heterocycles. The van der Waals surface area contributed by atoms with Crippen molar-refractivity contribution in [1.29, 1.82) is 0 Å². The van der Waals surface area contributed by atoms with E-state index in [2.05, 4.69) is 5.32 Å². The fourth-order valence-electron chi connectivity index (χ4n) is 2.04. The maximum absolute atomic E-state index is 11.0. The predicted molar refractivity (Wildman–Crippen MR) is 68.3 cm³/mol. The molecule has 0 amide bonds. The van der Waals surface area contributed by atoms with Gasteiger partial charge in [0, 0.05) is 17.3 Å². The lowest BCUT2D eigenvalue weighted by Gasteiger charge is -2.36. The van der Waals surface area contributed by atoms with Crippen LogP contribution < -0.4 is 10.5 Å². The number of anilines is 1. The highest BCUT2D eigenvalue weighted by molar-refractivity contribution is 5.55. The van der Waals surface area contributed by atoms with Crippen LogP contribution in [0.25, 0.3) is 0 Å². The fourth-order valence-corrected chi connectivity index (χ4v) is 2.04. The van der Waals surface area contributed by atoms with Crippen LogP contribution in [0.2, 0.25) is 0 Å². The summed E-state index contributed by atoms with van der Waals surface area (Å²) in [6, 6.07) is 4.70. The molecule has 112 valence electrons. The number of nitrogens with one attached hydrogen (secondary N) is 2. The standard InChI is InChI=1S/C12H18N2O6/c1-6-2-3-7(4-8(6)14(18)19)13-12-11(17)10(16)9(15)5-20-12/h2-4,9-18H,5H2,1H3/t9-,10-,11-,12-/m1/s1. The molecule has 1 heterocycles. The van der Waals surface area contributed by atoms with Crippen LogP contribution in [0.4, 0.5) is 11.4 Å². The van der Waals surface area contributed by atoms with Crippen molar-refractivity contribution in [3.63, 3.8) is 0 Å². The largest absolute Gasteiger partial charge is 0.595 e. The Kier molecular flexibility index (Phi) is 4.55. The summed E-state index contributed by atoms with van der Waals surface area (Å²) in [7, 11) is 0. The zero-order valence-electron chi connectivity index (χ0n) is 10.9. The summed E-state index contributed by atoms with van der Waals surface area (Å²) < 4.78 is 5.19. The van der Waals surface area contributed by atoms with Crippen LogP contribution in [0, 0.1) is 12.1 Å². The Balaban J connectivity index is 2.12. The molecule has 8 nitrogen and oxygen atoms in total. The zero-order valence-corrected chi connectivity index (χ0v) is 10.9. The van der Waals surface area contributed by atoms with Crippen molar-refractivity contribution in [2.45, 2.75) is 31.5 Å².